The monoisotopic (exact) mass is 365 g/mol. The summed E-state index contributed by atoms with van der Waals surface area (Å²) in [5.74, 6) is -0.454. The number of nitrogens with two attached hydrogens (primary N) is 2. The Morgan fingerprint density at radius 3 is 2.93 bits per heavy atom. The van der Waals surface area contributed by atoms with E-state index in [0.717, 1.165) is 0 Å². The number of carbonyl (C=O) groups excluding carboxylic acids is 1. The number of fused-ring (bicyclic) bond motifs is 1. The van der Waals surface area contributed by atoms with Crippen LogP contribution in [0.4, 0.5) is 22.7 Å². The van der Waals surface area contributed by atoms with Gasteiger partial charge in [0, 0.05) is 25.1 Å². The van der Waals surface area contributed by atoms with Crippen LogP contribution in [0.25, 0.3) is 5.65 Å². The van der Waals surface area contributed by atoms with Gasteiger partial charge in [0.2, 0.25) is 0 Å². The quantitative estimate of drug-likeness (QED) is 0.171. The highest BCUT2D eigenvalue weighted by molar-refractivity contribution is 6.32. The first-order valence-corrected chi connectivity index (χ1v) is 8.25. The van der Waals surface area contributed by atoms with Crippen LogP contribution in [0.2, 0.25) is 0 Å². The first kappa shape index (κ1) is 18.6. The molecule has 0 aliphatic rings. The van der Waals surface area contributed by atoms with Crippen LogP contribution in [0, 0.1) is 0 Å². The van der Waals surface area contributed by atoms with Crippen LogP contribution in [-0.2, 0) is 4.84 Å². The summed E-state index contributed by atoms with van der Waals surface area (Å²) in [5.41, 5.74) is 17.7. The predicted octanol–water partition coefficient (Wildman–Crippen LogP) is -0.0831. The zero-order valence-electron chi connectivity index (χ0n) is 14.8. The number of likely N-dealkylation sites (N-methyl/N-ethyl adjacent to an activating group) is 1. The summed E-state index contributed by atoms with van der Waals surface area (Å²) in [5, 5.41) is 6.03. The molecule has 0 aliphatic carbocycles. The fourth-order valence-electron chi connectivity index (χ4n) is 2.55. The number of anilines is 4. The van der Waals surface area contributed by atoms with E-state index in [4.69, 9.17) is 24.2 Å². The van der Waals surface area contributed by atoms with Crippen molar-refractivity contribution in [3.63, 3.8) is 0 Å². The molecular weight excluding hydrogens is 345 g/mol. The summed E-state index contributed by atoms with van der Waals surface area (Å²) in [6.07, 6.45) is 4.91. The predicted molar refractivity (Wildman–Crippen MR) is 106 cm³/mol. The average molecular weight is 365 g/mol. The van der Waals surface area contributed by atoms with Crippen molar-refractivity contribution in [2.45, 2.75) is 0 Å². The zero-order chi connectivity index (χ0) is 19.4. The maximum Gasteiger partial charge on any atom is 0.278 e. The third-order valence-corrected chi connectivity index (χ3v) is 3.92. The van der Waals surface area contributed by atoms with Crippen molar-refractivity contribution in [1.82, 2.24) is 20.2 Å². The summed E-state index contributed by atoms with van der Waals surface area (Å²) >= 11 is 0. The van der Waals surface area contributed by atoms with Crippen LogP contribution >= 0.6 is 0 Å². The van der Waals surface area contributed by atoms with Gasteiger partial charge in [0.1, 0.15) is 13.5 Å². The molecule has 138 valence electrons. The van der Waals surface area contributed by atoms with Crippen molar-refractivity contribution < 1.29 is 9.63 Å². The average Bonchev–Trinajstić information content (AvgIpc) is 3.11. The number of hydrogen-bond donors (Lipinski definition) is 5. The van der Waals surface area contributed by atoms with Crippen molar-refractivity contribution in [1.29, 1.82) is 0 Å². The number of rotatable bonds is 7. The highest BCUT2D eigenvalue weighted by Crippen LogP contribution is 2.32. The molecule has 2 aromatic heterocycles. The maximum absolute atomic E-state index is 12.6. The summed E-state index contributed by atoms with van der Waals surface area (Å²) in [4.78, 5) is 22.0. The number of amides is 1. The number of hydrogen-bond acceptors (Lipinski definition) is 7. The molecule has 10 heteroatoms. The van der Waals surface area contributed by atoms with Gasteiger partial charge in [0.05, 0.1) is 29.2 Å². The second kappa shape index (κ2) is 7.98. The van der Waals surface area contributed by atoms with Crippen molar-refractivity contribution in [2.24, 2.45) is 0 Å². The number of nitrogen functional groups attached to an aromatic ring is 2. The lowest BCUT2D eigenvalue weighted by Crippen LogP contribution is -2.28. The largest absolute Gasteiger partial charge is 0.397 e. The Kier molecular flexibility index (Phi) is 5.48. The number of benzene rings is 1. The lowest BCUT2D eigenvalue weighted by molar-refractivity contribution is 0.0329. The molecule has 3 aromatic rings. The maximum atomic E-state index is 12.6. The molecule has 27 heavy (non-hydrogen) atoms. The number of hydroxylamine groups is 1. The number of aromatic nitrogens is 2. The summed E-state index contributed by atoms with van der Waals surface area (Å²) in [6.45, 7) is 0.911. The van der Waals surface area contributed by atoms with Crippen LogP contribution in [0.3, 0.4) is 0 Å². The Morgan fingerprint density at radius 2 is 2.19 bits per heavy atom. The van der Waals surface area contributed by atoms with Crippen LogP contribution in [0.1, 0.15) is 10.4 Å². The molecule has 1 amide bonds. The normalized spacial score (nSPS) is 10.9. The molecule has 1 aromatic carbocycles. The van der Waals surface area contributed by atoms with Gasteiger partial charge in [-0.05, 0) is 19.2 Å². The molecule has 0 aliphatic heterocycles. The molecule has 3 rings (SSSR count). The standard InChI is InChI=1S/C17H20BN7O2/c1-21-5-7-27-24-17(26)11-9-25-6-4-22-16(25)14(20)15(11)23-13-3-2-10(18)8-12(13)19/h2-4,6,8-9,21,23H,5,7,19-20H2,1H3,(H,24,26). The first-order chi connectivity index (χ1) is 13.0. The highest BCUT2D eigenvalue weighted by Gasteiger charge is 2.19. The van der Waals surface area contributed by atoms with Crippen LogP contribution < -0.4 is 33.0 Å². The zero-order valence-corrected chi connectivity index (χ0v) is 14.8. The van der Waals surface area contributed by atoms with Gasteiger partial charge < -0.3 is 26.5 Å². The second-order valence-electron chi connectivity index (χ2n) is 5.84. The van der Waals surface area contributed by atoms with E-state index < -0.39 is 5.91 Å². The van der Waals surface area contributed by atoms with Gasteiger partial charge in [-0.25, -0.2) is 10.5 Å². The van der Waals surface area contributed by atoms with Crippen LogP contribution in [0.15, 0.2) is 36.8 Å². The van der Waals surface area contributed by atoms with E-state index in [9.17, 15) is 4.79 Å². The second-order valence-corrected chi connectivity index (χ2v) is 5.84. The number of nitrogens with one attached hydrogen (secondary N) is 3. The molecule has 0 bridgehead atoms. The minimum Gasteiger partial charge on any atom is -0.397 e. The van der Waals surface area contributed by atoms with Gasteiger partial charge >= 0.3 is 0 Å². The van der Waals surface area contributed by atoms with Crippen molar-refractivity contribution in [2.75, 3.05) is 37.0 Å². The summed E-state index contributed by atoms with van der Waals surface area (Å²) in [6, 6.07) is 5.03. The lowest BCUT2D eigenvalue weighted by atomic mass is 9.95. The number of pyridine rings is 1. The summed E-state index contributed by atoms with van der Waals surface area (Å²) < 4.78 is 1.66. The van der Waals surface area contributed by atoms with Crippen LogP contribution in [-0.4, -0.2) is 43.3 Å². The smallest absolute Gasteiger partial charge is 0.278 e. The van der Waals surface area contributed by atoms with Gasteiger partial charge in [-0.2, -0.15) is 0 Å². The molecule has 0 spiro atoms. The molecule has 0 atom stereocenters. The van der Waals surface area contributed by atoms with E-state index in [-0.39, 0.29) is 5.56 Å². The van der Waals surface area contributed by atoms with Crippen molar-refractivity contribution >= 4 is 47.6 Å². The van der Waals surface area contributed by atoms with Crippen molar-refractivity contribution in [3.8, 4) is 0 Å². The molecule has 7 N–H and O–H groups in total. The summed E-state index contributed by atoms with van der Waals surface area (Å²) in [7, 11) is 7.53. The van der Waals surface area contributed by atoms with Crippen LogP contribution in [0.5, 0.6) is 0 Å². The molecule has 0 saturated carbocycles. The topological polar surface area (TPSA) is 132 Å². The first-order valence-electron chi connectivity index (χ1n) is 8.25. The molecule has 0 fully saturated rings. The fourth-order valence-corrected chi connectivity index (χ4v) is 2.55. The van der Waals surface area contributed by atoms with Crippen molar-refractivity contribution in [3.05, 3.63) is 42.4 Å². The molecular formula is C17H20BN7O2. The van der Waals surface area contributed by atoms with E-state index in [1.54, 1.807) is 48.2 Å². The van der Waals surface area contributed by atoms with E-state index in [0.29, 0.717) is 47.0 Å². The third-order valence-electron chi connectivity index (χ3n) is 3.92. The lowest BCUT2D eigenvalue weighted by Gasteiger charge is -2.17. The molecule has 0 saturated heterocycles. The third kappa shape index (κ3) is 3.96. The molecule has 2 heterocycles. The Balaban J connectivity index is 1.98. The number of imidazole rings is 1. The van der Waals surface area contributed by atoms with Gasteiger partial charge in [-0.1, -0.05) is 11.5 Å². The molecule has 9 nitrogen and oxygen atoms in total. The Labute approximate surface area is 157 Å². The molecule has 0 unspecified atom stereocenters. The van der Waals surface area contributed by atoms with Gasteiger partial charge in [-0.15, -0.1) is 0 Å². The molecule has 2 radical (unpaired) electrons. The van der Waals surface area contributed by atoms with Gasteiger partial charge in [0.25, 0.3) is 5.91 Å². The van der Waals surface area contributed by atoms with Gasteiger partial charge in [0.15, 0.2) is 5.65 Å². The number of carbonyl (C=O) groups is 1. The Bertz CT molecular complexity index is 973. The van der Waals surface area contributed by atoms with E-state index in [1.165, 1.54) is 0 Å². The SMILES string of the molecule is [B]c1ccc(Nc2c(C(=O)NOCCNC)cn3ccnc3c2N)c(N)c1. The highest BCUT2D eigenvalue weighted by atomic mass is 16.6. The minimum atomic E-state index is -0.454. The fraction of sp³-hybridized carbons (Fsp3) is 0.176. The minimum absolute atomic E-state index is 0.277. The Morgan fingerprint density at radius 1 is 1.37 bits per heavy atom. The number of nitrogens with zero attached hydrogens (tertiary/aromatic N) is 2. The Hall–Kier alpha value is -3.24. The van der Waals surface area contributed by atoms with E-state index in [2.05, 4.69) is 21.1 Å². The van der Waals surface area contributed by atoms with Gasteiger partial charge in [-0.3, -0.25) is 9.63 Å². The van der Waals surface area contributed by atoms with E-state index >= 15 is 0 Å². The van der Waals surface area contributed by atoms with E-state index in [1.807, 2.05) is 0 Å².